The van der Waals surface area contributed by atoms with E-state index in [1.165, 1.54) is 25.1 Å². The molecule has 0 saturated carbocycles. The molecule has 0 spiro atoms. The molecule has 0 bridgehead atoms. The number of fused-ring (bicyclic) bond motifs is 1. The molecule has 0 aromatic heterocycles. The maximum absolute atomic E-state index is 8.71. The summed E-state index contributed by atoms with van der Waals surface area (Å²) in [6, 6.07) is 3.13. The highest BCUT2D eigenvalue weighted by molar-refractivity contribution is 8.00. The summed E-state index contributed by atoms with van der Waals surface area (Å²) < 4.78 is 0. The Morgan fingerprint density at radius 1 is 1.55 bits per heavy atom. The van der Waals surface area contributed by atoms with Crippen LogP contribution in [0.1, 0.15) is 12.8 Å². The molecule has 0 amide bonds. The van der Waals surface area contributed by atoms with Crippen LogP contribution in [0.15, 0.2) is 0 Å². The number of thioether (sulfide) groups is 1. The van der Waals surface area contributed by atoms with Crippen molar-refractivity contribution in [3.8, 4) is 6.07 Å². The van der Waals surface area contributed by atoms with Gasteiger partial charge in [-0.2, -0.15) is 5.26 Å². The highest BCUT2D eigenvalue weighted by Crippen LogP contribution is 2.29. The first-order valence-electron chi connectivity index (χ1n) is 4.15. The van der Waals surface area contributed by atoms with Crippen LogP contribution in [0.4, 0.5) is 0 Å². The molecule has 2 nitrogen and oxygen atoms in total. The molecule has 2 unspecified atom stereocenters. The minimum absolute atomic E-state index is 0.240. The van der Waals surface area contributed by atoms with Gasteiger partial charge in [-0.25, -0.2) is 0 Å². The third kappa shape index (κ3) is 1.38. The molecule has 11 heavy (non-hydrogen) atoms. The maximum atomic E-state index is 8.71. The van der Waals surface area contributed by atoms with Crippen molar-refractivity contribution >= 4 is 11.8 Å². The van der Waals surface area contributed by atoms with E-state index in [4.69, 9.17) is 5.26 Å². The molecule has 2 rings (SSSR count). The van der Waals surface area contributed by atoms with Crippen molar-refractivity contribution < 1.29 is 0 Å². The van der Waals surface area contributed by atoms with Crippen LogP contribution in [0, 0.1) is 11.3 Å². The summed E-state index contributed by atoms with van der Waals surface area (Å²) in [7, 11) is 0. The Hall–Kier alpha value is -0.200. The van der Waals surface area contributed by atoms with Gasteiger partial charge in [0.25, 0.3) is 0 Å². The number of hydrogen-bond donors (Lipinski definition) is 0. The lowest BCUT2D eigenvalue weighted by atomic mass is 10.2. The zero-order valence-corrected chi connectivity index (χ0v) is 7.31. The Morgan fingerprint density at radius 2 is 2.45 bits per heavy atom. The van der Waals surface area contributed by atoms with E-state index in [1.54, 1.807) is 0 Å². The van der Waals surface area contributed by atoms with Gasteiger partial charge in [0, 0.05) is 18.3 Å². The molecule has 0 N–H and O–H groups in total. The van der Waals surface area contributed by atoms with E-state index < -0.39 is 0 Å². The molecule has 2 atom stereocenters. The van der Waals surface area contributed by atoms with Crippen molar-refractivity contribution in [1.29, 1.82) is 5.26 Å². The number of nitrogens with zero attached hydrogens (tertiary/aromatic N) is 2. The first kappa shape index (κ1) is 7.45. The molecule has 2 saturated heterocycles. The van der Waals surface area contributed by atoms with Gasteiger partial charge < -0.3 is 0 Å². The van der Waals surface area contributed by atoms with Gasteiger partial charge in [-0.15, -0.1) is 11.8 Å². The van der Waals surface area contributed by atoms with Crippen molar-refractivity contribution in [2.75, 3.05) is 18.8 Å². The van der Waals surface area contributed by atoms with Gasteiger partial charge in [-0.05, 0) is 19.4 Å². The van der Waals surface area contributed by atoms with Gasteiger partial charge in [-0.3, -0.25) is 4.90 Å². The molecular formula is C8H12N2S. The lowest BCUT2D eigenvalue weighted by molar-refractivity contribution is 0.273. The minimum atomic E-state index is 0.240. The van der Waals surface area contributed by atoms with Crippen molar-refractivity contribution in [2.45, 2.75) is 24.1 Å². The van der Waals surface area contributed by atoms with E-state index in [0.717, 1.165) is 12.6 Å². The van der Waals surface area contributed by atoms with Crippen molar-refractivity contribution in [3.05, 3.63) is 0 Å². The lowest BCUT2D eigenvalue weighted by Crippen LogP contribution is -2.41. The molecule has 2 aliphatic heterocycles. The summed E-state index contributed by atoms with van der Waals surface area (Å²) in [5.74, 6) is 1.18. The first-order valence-corrected chi connectivity index (χ1v) is 5.20. The standard InChI is InChI=1S/C8H12N2S/c9-4-8-5-10-3-1-2-7(10)6-11-8/h7-8H,1-3,5-6H2. The average molecular weight is 168 g/mol. The van der Waals surface area contributed by atoms with Crippen molar-refractivity contribution in [2.24, 2.45) is 0 Å². The fourth-order valence-corrected chi connectivity index (χ4v) is 3.10. The second-order valence-corrected chi connectivity index (χ2v) is 4.48. The predicted octanol–water partition coefficient (Wildman–Crippen LogP) is 1.09. The van der Waals surface area contributed by atoms with Crippen LogP contribution < -0.4 is 0 Å². The minimum Gasteiger partial charge on any atom is -0.297 e. The lowest BCUT2D eigenvalue weighted by Gasteiger charge is -2.31. The molecule has 2 aliphatic rings. The molecule has 2 fully saturated rings. The zero-order valence-electron chi connectivity index (χ0n) is 6.49. The van der Waals surface area contributed by atoms with Gasteiger partial charge in [0.05, 0.1) is 6.07 Å². The van der Waals surface area contributed by atoms with E-state index in [0.29, 0.717) is 0 Å². The van der Waals surface area contributed by atoms with E-state index >= 15 is 0 Å². The van der Waals surface area contributed by atoms with Gasteiger partial charge in [0.1, 0.15) is 5.25 Å². The monoisotopic (exact) mass is 168 g/mol. The molecular weight excluding hydrogens is 156 g/mol. The topological polar surface area (TPSA) is 27.0 Å². The fraction of sp³-hybridized carbons (Fsp3) is 0.875. The summed E-state index contributed by atoms with van der Waals surface area (Å²) >= 11 is 1.84. The summed E-state index contributed by atoms with van der Waals surface area (Å²) in [6.45, 7) is 2.23. The molecule has 0 radical (unpaired) electrons. The Labute approximate surface area is 71.6 Å². The van der Waals surface area contributed by atoms with Crippen LogP contribution in [-0.2, 0) is 0 Å². The normalized spacial score (nSPS) is 38.1. The summed E-state index contributed by atoms with van der Waals surface area (Å²) in [6.07, 6.45) is 2.69. The molecule has 2 heterocycles. The quantitative estimate of drug-likeness (QED) is 0.542. The van der Waals surface area contributed by atoms with E-state index in [9.17, 15) is 0 Å². The number of rotatable bonds is 0. The van der Waals surface area contributed by atoms with Crippen LogP contribution in [0.5, 0.6) is 0 Å². The van der Waals surface area contributed by atoms with Crippen LogP contribution >= 0.6 is 11.8 Å². The molecule has 0 aliphatic carbocycles. The van der Waals surface area contributed by atoms with Crippen LogP contribution in [0.25, 0.3) is 0 Å². The van der Waals surface area contributed by atoms with Crippen molar-refractivity contribution in [3.63, 3.8) is 0 Å². The van der Waals surface area contributed by atoms with Gasteiger partial charge >= 0.3 is 0 Å². The Balaban J connectivity index is 1.97. The largest absolute Gasteiger partial charge is 0.297 e. The Morgan fingerprint density at radius 3 is 3.27 bits per heavy atom. The average Bonchev–Trinajstić information content (AvgIpc) is 2.50. The summed E-state index contributed by atoms with van der Waals surface area (Å²) in [5, 5.41) is 8.95. The number of nitriles is 1. The van der Waals surface area contributed by atoms with E-state index in [-0.39, 0.29) is 5.25 Å². The molecule has 0 aromatic carbocycles. The van der Waals surface area contributed by atoms with Crippen LogP contribution in [0.2, 0.25) is 0 Å². The maximum Gasteiger partial charge on any atom is 0.104 e. The third-order valence-corrected chi connectivity index (χ3v) is 3.77. The van der Waals surface area contributed by atoms with Crippen LogP contribution in [0.3, 0.4) is 0 Å². The van der Waals surface area contributed by atoms with Gasteiger partial charge in [0.2, 0.25) is 0 Å². The van der Waals surface area contributed by atoms with Gasteiger partial charge in [-0.1, -0.05) is 0 Å². The Bertz CT molecular complexity index is 187. The molecule has 0 aromatic rings. The van der Waals surface area contributed by atoms with Gasteiger partial charge in [0.15, 0.2) is 0 Å². The van der Waals surface area contributed by atoms with Crippen LogP contribution in [-0.4, -0.2) is 35.0 Å². The highest BCUT2D eigenvalue weighted by atomic mass is 32.2. The van der Waals surface area contributed by atoms with Crippen molar-refractivity contribution in [1.82, 2.24) is 4.90 Å². The second-order valence-electron chi connectivity index (χ2n) is 3.24. The molecule has 60 valence electrons. The SMILES string of the molecule is N#CC1CN2CCCC2CS1. The summed E-state index contributed by atoms with van der Waals surface area (Å²) in [4.78, 5) is 2.48. The summed E-state index contributed by atoms with van der Waals surface area (Å²) in [5.41, 5.74) is 0. The first-order chi connectivity index (χ1) is 5.40. The highest BCUT2D eigenvalue weighted by Gasteiger charge is 2.31. The number of hydrogen-bond acceptors (Lipinski definition) is 3. The second kappa shape index (κ2) is 3.04. The fourth-order valence-electron chi connectivity index (χ4n) is 1.90. The third-order valence-electron chi connectivity index (χ3n) is 2.53. The van der Waals surface area contributed by atoms with E-state index in [2.05, 4.69) is 11.0 Å². The molecule has 3 heteroatoms. The Kier molecular flexibility index (Phi) is 2.06. The van der Waals surface area contributed by atoms with E-state index in [1.807, 2.05) is 11.8 Å². The zero-order chi connectivity index (χ0) is 7.68. The predicted molar refractivity (Wildman–Crippen MR) is 46.5 cm³/mol. The smallest absolute Gasteiger partial charge is 0.104 e.